The van der Waals surface area contributed by atoms with Crippen molar-refractivity contribution < 1.29 is 23.7 Å². The highest BCUT2D eigenvalue weighted by Gasteiger charge is 2.20. The van der Waals surface area contributed by atoms with E-state index in [-0.39, 0.29) is 37.2 Å². The van der Waals surface area contributed by atoms with Gasteiger partial charge in [0, 0.05) is 44.5 Å². The zero-order chi connectivity index (χ0) is 20.6. The summed E-state index contributed by atoms with van der Waals surface area (Å²) in [5.41, 5.74) is 1.99. The van der Waals surface area contributed by atoms with Gasteiger partial charge in [0.2, 0.25) is 0 Å². The van der Waals surface area contributed by atoms with Crippen LogP contribution in [0.4, 0.5) is 10.1 Å². The molecule has 0 saturated carbocycles. The minimum atomic E-state index is -0.553. The first-order valence-electron chi connectivity index (χ1n) is 9.78. The lowest BCUT2D eigenvalue weighted by atomic mass is 10.2. The minimum absolute atomic E-state index is 0. The van der Waals surface area contributed by atoms with E-state index in [1.807, 2.05) is 18.2 Å². The van der Waals surface area contributed by atoms with Crippen LogP contribution in [0.15, 0.2) is 42.5 Å². The van der Waals surface area contributed by atoms with Gasteiger partial charge in [-0.2, -0.15) is 0 Å². The zero-order valence-electron chi connectivity index (χ0n) is 17.8. The number of benzene rings is 2. The van der Waals surface area contributed by atoms with E-state index < -0.39 is 6.10 Å². The number of methoxy groups -OCH3 is 2. The Kier molecular flexibility index (Phi) is 12.0. The quantitative estimate of drug-likeness (QED) is 0.598. The van der Waals surface area contributed by atoms with E-state index in [2.05, 4.69) is 9.80 Å². The van der Waals surface area contributed by atoms with Gasteiger partial charge >= 0.3 is 0 Å². The van der Waals surface area contributed by atoms with Crippen molar-refractivity contribution in [2.45, 2.75) is 12.7 Å². The fourth-order valence-corrected chi connectivity index (χ4v) is 3.45. The summed E-state index contributed by atoms with van der Waals surface area (Å²) in [7, 11) is 3.27. The van der Waals surface area contributed by atoms with Crippen LogP contribution < -0.4 is 14.4 Å². The summed E-state index contributed by atoms with van der Waals surface area (Å²) >= 11 is 0. The van der Waals surface area contributed by atoms with Gasteiger partial charge in [-0.25, -0.2) is 4.39 Å². The largest absolute Gasteiger partial charge is 0.493 e. The third kappa shape index (κ3) is 8.01. The van der Waals surface area contributed by atoms with E-state index in [1.54, 1.807) is 26.4 Å². The van der Waals surface area contributed by atoms with E-state index in [0.29, 0.717) is 13.2 Å². The molecule has 2 aromatic carbocycles. The number of rotatable bonds is 9. The second-order valence-electron chi connectivity index (χ2n) is 7.12. The van der Waals surface area contributed by atoms with Gasteiger partial charge in [0.15, 0.2) is 11.5 Å². The van der Waals surface area contributed by atoms with Gasteiger partial charge in [0.05, 0.1) is 33.5 Å². The number of hydrogen-bond donors (Lipinski definition) is 1. The molecule has 1 unspecified atom stereocenters. The number of aliphatic hydroxyl groups excluding tert-OH is 1. The van der Waals surface area contributed by atoms with Crippen LogP contribution in [0.2, 0.25) is 0 Å². The van der Waals surface area contributed by atoms with E-state index in [1.165, 1.54) is 12.1 Å². The molecular formula is C22H31Cl2FN2O4. The molecule has 1 fully saturated rings. The smallest absolute Gasteiger partial charge is 0.162 e. The molecule has 0 aliphatic carbocycles. The van der Waals surface area contributed by atoms with Crippen LogP contribution in [-0.2, 0) is 11.3 Å². The second kappa shape index (κ2) is 13.6. The van der Waals surface area contributed by atoms with Gasteiger partial charge in [0.1, 0.15) is 5.82 Å². The topological polar surface area (TPSA) is 54.4 Å². The molecule has 3 rings (SSSR count). The summed E-state index contributed by atoms with van der Waals surface area (Å²) in [6, 6.07) is 12.1. The number of aliphatic hydroxyl groups is 1. The zero-order valence-corrected chi connectivity index (χ0v) is 19.5. The van der Waals surface area contributed by atoms with Crippen LogP contribution >= 0.6 is 24.8 Å². The molecule has 6 nitrogen and oxygen atoms in total. The second-order valence-corrected chi connectivity index (χ2v) is 7.12. The molecule has 1 atom stereocenters. The average Bonchev–Trinajstić information content (AvgIpc) is 2.75. The Balaban J connectivity index is 0.00000240. The maximum atomic E-state index is 12.9. The summed E-state index contributed by atoms with van der Waals surface area (Å²) in [5.74, 6) is 1.18. The van der Waals surface area contributed by atoms with Crippen LogP contribution in [0.5, 0.6) is 11.5 Å². The van der Waals surface area contributed by atoms with Crippen molar-refractivity contribution >= 4 is 30.5 Å². The van der Waals surface area contributed by atoms with Crippen LogP contribution in [-0.4, -0.2) is 69.7 Å². The first kappa shape index (κ1) is 27.3. The van der Waals surface area contributed by atoms with Crippen molar-refractivity contribution in [2.24, 2.45) is 0 Å². The first-order chi connectivity index (χ1) is 14.1. The number of hydrogen-bond acceptors (Lipinski definition) is 6. The van der Waals surface area contributed by atoms with Crippen LogP contribution in [0.1, 0.15) is 5.56 Å². The number of piperazine rings is 1. The van der Waals surface area contributed by atoms with Crippen LogP contribution in [0, 0.1) is 5.82 Å². The summed E-state index contributed by atoms with van der Waals surface area (Å²) in [6.45, 7) is 4.67. The minimum Gasteiger partial charge on any atom is -0.493 e. The molecule has 1 N–H and O–H groups in total. The van der Waals surface area contributed by atoms with Crippen molar-refractivity contribution in [2.75, 3.05) is 58.5 Å². The molecule has 0 spiro atoms. The van der Waals surface area contributed by atoms with Crippen molar-refractivity contribution in [1.29, 1.82) is 0 Å². The first-order valence-corrected chi connectivity index (χ1v) is 9.78. The van der Waals surface area contributed by atoms with Crippen LogP contribution in [0.25, 0.3) is 0 Å². The standard InChI is InChI=1S/C22H29FN2O4.2ClH/c1-27-21-8-7-19(13-22(21)28-2)25-11-9-24(10-12-25)14-20(26)16-29-15-17-3-5-18(23)6-4-17;;/h3-8,13,20,26H,9-12,14-16H2,1-2H3;2*1H. The summed E-state index contributed by atoms with van der Waals surface area (Å²) in [4.78, 5) is 4.54. The van der Waals surface area contributed by atoms with E-state index >= 15 is 0 Å². The van der Waals surface area contributed by atoms with Crippen molar-refractivity contribution in [1.82, 2.24) is 4.90 Å². The number of nitrogens with zero attached hydrogens (tertiary/aromatic N) is 2. The molecule has 1 heterocycles. The maximum absolute atomic E-state index is 12.9. The predicted octanol–water partition coefficient (Wildman–Crippen LogP) is 3.39. The molecule has 174 valence electrons. The molecular weight excluding hydrogens is 446 g/mol. The van der Waals surface area contributed by atoms with Gasteiger partial charge in [-0.15, -0.1) is 24.8 Å². The Morgan fingerprint density at radius 1 is 0.935 bits per heavy atom. The number of ether oxygens (including phenoxy) is 3. The van der Waals surface area contributed by atoms with E-state index in [4.69, 9.17) is 14.2 Å². The Morgan fingerprint density at radius 2 is 1.58 bits per heavy atom. The van der Waals surface area contributed by atoms with Crippen molar-refractivity contribution in [3.63, 3.8) is 0 Å². The van der Waals surface area contributed by atoms with Gasteiger partial charge in [-0.3, -0.25) is 4.90 Å². The SMILES string of the molecule is COc1ccc(N2CCN(CC(O)COCc3ccc(F)cc3)CC2)cc1OC.Cl.Cl. The maximum Gasteiger partial charge on any atom is 0.162 e. The van der Waals surface area contributed by atoms with Crippen molar-refractivity contribution in [3.05, 3.63) is 53.8 Å². The van der Waals surface area contributed by atoms with Gasteiger partial charge in [-0.1, -0.05) is 12.1 Å². The summed E-state index contributed by atoms with van der Waals surface area (Å²) in [6.07, 6.45) is -0.553. The molecule has 1 saturated heterocycles. The molecule has 0 radical (unpaired) electrons. The Bertz CT molecular complexity index is 775. The Labute approximate surface area is 195 Å². The van der Waals surface area contributed by atoms with E-state index in [0.717, 1.165) is 48.9 Å². The number of anilines is 1. The van der Waals surface area contributed by atoms with Gasteiger partial charge in [-0.05, 0) is 29.8 Å². The highest BCUT2D eigenvalue weighted by Crippen LogP contribution is 2.31. The highest BCUT2D eigenvalue weighted by molar-refractivity contribution is 5.85. The van der Waals surface area contributed by atoms with E-state index in [9.17, 15) is 9.50 Å². The Morgan fingerprint density at radius 3 is 2.19 bits per heavy atom. The third-order valence-corrected chi connectivity index (χ3v) is 5.07. The molecule has 31 heavy (non-hydrogen) atoms. The van der Waals surface area contributed by atoms with Crippen LogP contribution in [0.3, 0.4) is 0 Å². The number of halogens is 3. The summed E-state index contributed by atoms with van der Waals surface area (Å²) < 4.78 is 29.2. The lowest BCUT2D eigenvalue weighted by molar-refractivity contribution is 0.00912. The molecule has 9 heteroatoms. The molecule has 1 aliphatic heterocycles. The molecule has 2 aromatic rings. The molecule has 0 bridgehead atoms. The Hall–Kier alpha value is -1.77. The molecule has 1 aliphatic rings. The predicted molar refractivity (Wildman–Crippen MR) is 125 cm³/mol. The highest BCUT2D eigenvalue weighted by atomic mass is 35.5. The fourth-order valence-electron chi connectivity index (χ4n) is 3.45. The number of β-amino-alcohol motifs (C(OH)–C–C–N with tert-alkyl or cyclic N) is 1. The monoisotopic (exact) mass is 476 g/mol. The summed E-state index contributed by atoms with van der Waals surface area (Å²) in [5, 5.41) is 10.3. The lowest BCUT2D eigenvalue weighted by Gasteiger charge is -2.37. The molecule has 0 aromatic heterocycles. The van der Waals surface area contributed by atoms with Gasteiger partial charge in [0.25, 0.3) is 0 Å². The third-order valence-electron chi connectivity index (χ3n) is 5.07. The average molecular weight is 477 g/mol. The van der Waals surface area contributed by atoms with Crippen molar-refractivity contribution in [3.8, 4) is 11.5 Å². The van der Waals surface area contributed by atoms with Gasteiger partial charge < -0.3 is 24.2 Å². The molecule has 0 amide bonds. The normalized spacial score (nSPS) is 14.9. The lowest BCUT2D eigenvalue weighted by Crippen LogP contribution is -2.49. The fraction of sp³-hybridized carbons (Fsp3) is 0.455.